The summed E-state index contributed by atoms with van der Waals surface area (Å²) in [6, 6.07) is 10.6. The Morgan fingerprint density at radius 1 is 1.08 bits per heavy atom. The first kappa shape index (κ1) is 16.5. The molecule has 1 aliphatic rings. The van der Waals surface area contributed by atoms with Crippen LogP contribution in [0.2, 0.25) is 0 Å². The van der Waals surface area contributed by atoms with E-state index < -0.39 is 0 Å². The van der Waals surface area contributed by atoms with Crippen molar-refractivity contribution in [1.29, 1.82) is 0 Å². The average Bonchev–Trinajstić information content (AvgIpc) is 3.16. The largest absolute Gasteiger partial charge is 0.339 e. The van der Waals surface area contributed by atoms with Crippen LogP contribution in [-0.4, -0.2) is 41.0 Å². The van der Waals surface area contributed by atoms with Crippen molar-refractivity contribution in [2.45, 2.75) is 17.9 Å². The van der Waals surface area contributed by atoms with Crippen LogP contribution in [0.3, 0.4) is 0 Å². The highest BCUT2D eigenvalue weighted by molar-refractivity contribution is 7.98. The van der Waals surface area contributed by atoms with Gasteiger partial charge < -0.3 is 10.2 Å². The van der Waals surface area contributed by atoms with Gasteiger partial charge in [0.1, 0.15) is 5.03 Å². The van der Waals surface area contributed by atoms with Crippen molar-refractivity contribution in [2.24, 2.45) is 0 Å². The van der Waals surface area contributed by atoms with E-state index in [4.69, 9.17) is 0 Å². The third-order valence-corrected chi connectivity index (χ3v) is 4.72. The number of carbonyl (C=O) groups is 2. The number of aromatic nitrogens is 1. The summed E-state index contributed by atoms with van der Waals surface area (Å²) in [5.74, 6) is -0.284. The predicted molar refractivity (Wildman–Crippen MR) is 95.6 cm³/mol. The second-order valence-electron chi connectivity index (χ2n) is 5.56. The quantitative estimate of drug-likeness (QED) is 0.867. The summed E-state index contributed by atoms with van der Waals surface area (Å²) < 4.78 is 0. The number of benzene rings is 1. The molecule has 0 aliphatic carbocycles. The summed E-state index contributed by atoms with van der Waals surface area (Å²) in [7, 11) is 0. The summed E-state index contributed by atoms with van der Waals surface area (Å²) in [6.45, 7) is 1.56. The van der Waals surface area contributed by atoms with Crippen molar-refractivity contribution >= 4 is 29.3 Å². The Morgan fingerprint density at radius 3 is 2.54 bits per heavy atom. The average molecular weight is 341 g/mol. The lowest BCUT2D eigenvalue weighted by Crippen LogP contribution is -2.28. The molecule has 1 N–H and O–H groups in total. The Bertz CT molecular complexity index is 757. The Balaban J connectivity index is 1.85. The molecule has 124 valence electrons. The Morgan fingerprint density at radius 2 is 1.79 bits per heavy atom. The van der Waals surface area contributed by atoms with E-state index in [1.54, 1.807) is 30.5 Å². The molecule has 1 saturated heterocycles. The summed E-state index contributed by atoms with van der Waals surface area (Å²) in [5.41, 5.74) is 1.58. The minimum atomic E-state index is -0.255. The highest BCUT2D eigenvalue weighted by Crippen LogP contribution is 2.22. The van der Waals surface area contributed by atoms with Crippen molar-refractivity contribution in [1.82, 2.24) is 9.88 Å². The third-order valence-electron chi connectivity index (χ3n) is 4.01. The fourth-order valence-electron chi connectivity index (χ4n) is 2.79. The molecule has 0 spiro atoms. The van der Waals surface area contributed by atoms with E-state index in [0.717, 1.165) is 25.9 Å². The second kappa shape index (κ2) is 7.49. The minimum Gasteiger partial charge on any atom is -0.339 e. The molecule has 5 nitrogen and oxygen atoms in total. The van der Waals surface area contributed by atoms with Crippen LogP contribution in [0.4, 0.5) is 5.69 Å². The molecule has 0 radical (unpaired) electrons. The highest BCUT2D eigenvalue weighted by atomic mass is 32.2. The molecular weight excluding hydrogens is 322 g/mol. The number of carbonyl (C=O) groups excluding carboxylic acids is 2. The van der Waals surface area contributed by atoms with Crippen LogP contribution < -0.4 is 5.32 Å². The lowest BCUT2D eigenvalue weighted by Gasteiger charge is -2.18. The van der Waals surface area contributed by atoms with Gasteiger partial charge in [-0.3, -0.25) is 9.59 Å². The van der Waals surface area contributed by atoms with Gasteiger partial charge in [0.15, 0.2) is 0 Å². The molecule has 24 heavy (non-hydrogen) atoms. The van der Waals surface area contributed by atoms with E-state index in [0.29, 0.717) is 21.8 Å². The third kappa shape index (κ3) is 3.43. The van der Waals surface area contributed by atoms with Crippen LogP contribution in [0.1, 0.15) is 33.6 Å². The lowest BCUT2D eigenvalue weighted by molar-refractivity contribution is 0.0794. The number of hydrogen-bond donors (Lipinski definition) is 1. The van der Waals surface area contributed by atoms with Crippen molar-refractivity contribution in [3.8, 4) is 0 Å². The second-order valence-corrected chi connectivity index (χ2v) is 6.35. The van der Waals surface area contributed by atoms with Gasteiger partial charge in [-0.2, -0.15) is 0 Å². The van der Waals surface area contributed by atoms with E-state index in [1.807, 2.05) is 23.3 Å². The molecule has 6 heteroatoms. The van der Waals surface area contributed by atoms with Crippen molar-refractivity contribution in [2.75, 3.05) is 24.7 Å². The standard InChI is InChI=1S/C18H19N3O2S/c1-24-17-14(8-6-10-19-17)16(22)20-15-9-3-2-7-13(15)18(23)21-11-4-5-12-21/h2-3,6-10H,4-5,11-12H2,1H3,(H,20,22). The van der Waals surface area contributed by atoms with Gasteiger partial charge in [-0.15, -0.1) is 11.8 Å². The van der Waals surface area contributed by atoms with Crippen molar-refractivity contribution in [3.63, 3.8) is 0 Å². The van der Waals surface area contributed by atoms with Gasteiger partial charge in [0, 0.05) is 19.3 Å². The molecule has 0 saturated carbocycles. The molecule has 2 aromatic rings. The van der Waals surface area contributed by atoms with Crippen LogP contribution >= 0.6 is 11.8 Å². The number of hydrogen-bond acceptors (Lipinski definition) is 4. The first-order valence-electron chi connectivity index (χ1n) is 7.89. The maximum Gasteiger partial charge on any atom is 0.258 e. The molecule has 2 amide bonds. The van der Waals surface area contributed by atoms with Gasteiger partial charge in [-0.1, -0.05) is 12.1 Å². The van der Waals surface area contributed by atoms with Crippen molar-refractivity contribution in [3.05, 3.63) is 53.7 Å². The molecule has 1 aromatic carbocycles. The number of thioether (sulfide) groups is 1. The number of rotatable bonds is 4. The number of likely N-dealkylation sites (tertiary alicyclic amines) is 1. The molecule has 0 atom stereocenters. The topological polar surface area (TPSA) is 62.3 Å². The van der Waals surface area contributed by atoms with Gasteiger partial charge >= 0.3 is 0 Å². The van der Waals surface area contributed by atoms with Crippen LogP contribution in [0.25, 0.3) is 0 Å². The highest BCUT2D eigenvalue weighted by Gasteiger charge is 2.22. The number of amides is 2. The van der Waals surface area contributed by atoms with Gasteiger partial charge in [0.2, 0.25) is 0 Å². The SMILES string of the molecule is CSc1ncccc1C(=O)Nc1ccccc1C(=O)N1CCCC1. The lowest BCUT2D eigenvalue weighted by atomic mass is 10.1. The van der Waals surface area contributed by atoms with Gasteiger partial charge in [0.05, 0.1) is 16.8 Å². The first-order valence-corrected chi connectivity index (χ1v) is 9.12. The van der Waals surface area contributed by atoms with Crippen LogP contribution in [0, 0.1) is 0 Å². The number of para-hydroxylation sites is 1. The molecule has 3 rings (SSSR count). The Labute approximate surface area is 145 Å². The monoisotopic (exact) mass is 341 g/mol. The van der Waals surface area contributed by atoms with Crippen LogP contribution in [0.5, 0.6) is 0 Å². The normalized spacial score (nSPS) is 13.8. The van der Waals surface area contributed by atoms with Crippen LogP contribution in [-0.2, 0) is 0 Å². The summed E-state index contributed by atoms with van der Waals surface area (Å²) in [4.78, 5) is 31.3. The number of anilines is 1. The fourth-order valence-corrected chi connectivity index (χ4v) is 3.33. The Kier molecular flexibility index (Phi) is 5.15. The molecular formula is C18H19N3O2S. The molecule has 0 bridgehead atoms. The zero-order valence-corrected chi connectivity index (χ0v) is 14.3. The van der Waals surface area contributed by atoms with E-state index >= 15 is 0 Å². The van der Waals surface area contributed by atoms with E-state index in [9.17, 15) is 9.59 Å². The number of pyridine rings is 1. The maximum atomic E-state index is 12.7. The summed E-state index contributed by atoms with van der Waals surface area (Å²) in [6.07, 6.45) is 5.61. The van der Waals surface area contributed by atoms with E-state index in [-0.39, 0.29) is 11.8 Å². The minimum absolute atomic E-state index is 0.0281. The maximum absolute atomic E-state index is 12.7. The number of nitrogens with zero attached hydrogens (tertiary/aromatic N) is 2. The summed E-state index contributed by atoms with van der Waals surface area (Å²) >= 11 is 1.42. The van der Waals surface area contributed by atoms with Gasteiger partial charge in [0.25, 0.3) is 11.8 Å². The van der Waals surface area contributed by atoms with Gasteiger partial charge in [-0.05, 0) is 43.4 Å². The zero-order chi connectivity index (χ0) is 16.9. The molecule has 0 unspecified atom stereocenters. The van der Waals surface area contributed by atoms with Crippen LogP contribution in [0.15, 0.2) is 47.6 Å². The predicted octanol–water partition coefficient (Wildman–Crippen LogP) is 3.29. The molecule has 1 aliphatic heterocycles. The molecule has 1 fully saturated rings. The smallest absolute Gasteiger partial charge is 0.258 e. The Hall–Kier alpha value is -2.34. The van der Waals surface area contributed by atoms with E-state index in [1.165, 1.54) is 11.8 Å². The first-order chi connectivity index (χ1) is 11.7. The van der Waals surface area contributed by atoms with Gasteiger partial charge in [-0.25, -0.2) is 4.98 Å². The fraction of sp³-hybridized carbons (Fsp3) is 0.278. The molecule has 1 aromatic heterocycles. The van der Waals surface area contributed by atoms with E-state index in [2.05, 4.69) is 10.3 Å². The number of nitrogens with one attached hydrogen (secondary N) is 1. The zero-order valence-electron chi connectivity index (χ0n) is 13.5. The van der Waals surface area contributed by atoms with Crippen molar-refractivity contribution < 1.29 is 9.59 Å². The molecule has 2 heterocycles. The summed E-state index contributed by atoms with van der Waals surface area (Å²) in [5, 5.41) is 3.53.